The Balaban J connectivity index is 2.23. The first kappa shape index (κ1) is 24.5. The largest absolute Gasteiger partial charge is 0.494 e. The molecule has 10 heteroatoms. The van der Waals surface area contributed by atoms with Gasteiger partial charge >= 0.3 is 6.18 Å². The molecule has 2 rings (SSSR count). The molecule has 0 aliphatic heterocycles. The average Bonchev–Trinajstić information content (AvgIpc) is 2.70. The van der Waals surface area contributed by atoms with Crippen LogP contribution in [0.1, 0.15) is 31.4 Å². The van der Waals surface area contributed by atoms with Gasteiger partial charge in [-0.2, -0.15) is 13.2 Å². The highest BCUT2D eigenvalue weighted by Gasteiger charge is 2.32. The first-order chi connectivity index (χ1) is 14.5. The minimum atomic E-state index is -4.49. The van der Waals surface area contributed by atoms with E-state index in [0.29, 0.717) is 12.4 Å². The average molecular weight is 459 g/mol. The summed E-state index contributed by atoms with van der Waals surface area (Å²) in [5.74, 6) is -0.0547. The van der Waals surface area contributed by atoms with Crippen LogP contribution < -0.4 is 14.4 Å². The highest BCUT2D eigenvalue weighted by Crippen LogP contribution is 2.29. The lowest BCUT2D eigenvalue weighted by Crippen LogP contribution is -2.49. The van der Waals surface area contributed by atoms with Crippen LogP contribution >= 0.6 is 0 Å². The summed E-state index contributed by atoms with van der Waals surface area (Å²) in [6, 6.07) is 9.80. The molecule has 6 nitrogen and oxygen atoms in total. The summed E-state index contributed by atoms with van der Waals surface area (Å²) >= 11 is 0. The molecule has 0 radical (unpaired) electrons. The Labute approximate surface area is 180 Å². The maximum absolute atomic E-state index is 12.9. The Morgan fingerprint density at radius 2 is 1.77 bits per heavy atom. The summed E-state index contributed by atoms with van der Waals surface area (Å²) < 4.78 is 69.9. The van der Waals surface area contributed by atoms with E-state index in [0.717, 1.165) is 22.7 Å². The minimum Gasteiger partial charge on any atom is -0.494 e. The van der Waals surface area contributed by atoms with Crippen LogP contribution in [0.25, 0.3) is 0 Å². The van der Waals surface area contributed by atoms with Crippen LogP contribution in [0.3, 0.4) is 0 Å². The van der Waals surface area contributed by atoms with Gasteiger partial charge in [0.25, 0.3) is 0 Å². The van der Waals surface area contributed by atoms with Gasteiger partial charge in [-0.05, 0) is 55.3 Å². The van der Waals surface area contributed by atoms with Gasteiger partial charge in [0, 0.05) is 6.54 Å². The van der Waals surface area contributed by atoms with Crippen LogP contribution in [0.5, 0.6) is 5.75 Å². The van der Waals surface area contributed by atoms with Crippen molar-refractivity contribution in [1.29, 1.82) is 0 Å². The Bertz CT molecular complexity index is 992. The number of ether oxygens (including phenoxy) is 1. The Morgan fingerprint density at radius 3 is 2.29 bits per heavy atom. The standard InChI is InChI=1S/C21H25F3N2O4S/c1-4-19(20(27)25-14-15-7-6-8-16(13-15)21(22,23)24)26(31(3,28)29)17-9-11-18(12-10-17)30-5-2/h6-13,19H,4-5,14H2,1-3H3,(H,25,27). The number of hydrogen-bond acceptors (Lipinski definition) is 4. The maximum atomic E-state index is 12.9. The number of amides is 1. The van der Waals surface area contributed by atoms with E-state index in [-0.39, 0.29) is 24.2 Å². The molecule has 0 heterocycles. The van der Waals surface area contributed by atoms with Crippen molar-refractivity contribution >= 4 is 21.6 Å². The highest BCUT2D eigenvalue weighted by atomic mass is 32.2. The van der Waals surface area contributed by atoms with Gasteiger partial charge in [0.2, 0.25) is 15.9 Å². The first-order valence-corrected chi connectivity index (χ1v) is 11.5. The van der Waals surface area contributed by atoms with Gasteiger partial charge in [0.1, 0.15) is 11.8 Å². The summed E-state index contributed by atoms with van der Waals surface area (Å²) in [5, 5.41) is 2.55. The Kier molecular flexibility index (Phi) is 7.94. The second-order valence-corrected chi connectivity index (χ2v) is 8.69. The molecule has 0 bridgehead atoms. The van der Waals surface area contributed by atoms with Gasteiger partial charge in [-0.15, -0.1) is 0 Å². The molecular formula is C21H25F3N2O4S. The lowest BCUT2D eigenvalue weighted by molar-refractivity contribution is -0.137. The van der Waals surface area contributed by atoms with E-state index in [1.54, 1.807) is 19.1 Å². The van der Waals surface area contributed by atoms with E-state index in [2.05, 4.69) is 5.32 Å². The highest BCUT2D eigenvalue weighted by molar-refractivity contribution is 7.92. The number of benzene rings is 2. The fraction of sp³-hybridized carbons (Fsp3) is 0.381. The lowest BCUT2D eigenvalue weighted by atomic mass is 10.1. The number of halogens is 3. The number of carbonyl (C=O) groups is 1. The number of carbonyl (C=O) groups excluding carboxylic acids is 1. The van der Waals surface area contributed by atoms with Gasteiger partial charge in [-0.25, -0.2) is 8.42 Å². The van der Waals surface area contributed by atoms with Crippen LogP contribution in [0.4, 0.5) is 18.9 Å². The van der Waals surface area contributed by atoms with E-state index in [1.165, 1.54) is 24.3 Å². The summed E-state index contributed by atoms with van der Waals surface area (Å²) in [5.41, 5.74) is -0.282. The molecule has 1 amide bonds. The van der Waals surface area contributed by atoms with E-state index in [1.807, 2.05) is 6.92 Å². The van der Waals surface area contributed by atoms with Crippen LogP contribution in [0.2, 0.25) is 0 Å². The second-order valence-electron chi connectivity index (χ2n) is 6.83. The topological polar surface area (TPSA) is 75.7 Å². The molecule has 31 heavy (non-hydrogen) atoms. The van der Waals surface area contributed by atoms with E-state index in [4.69, 9.17) is 4.74 Å². The molecular weight excluding hydrogens is 433 g/mol. The number of sulfonamides is 1. The molecule has 1 atom stereocenters. The third kappa shape index (κ3) is 6.61. The van der Waals surface area contributed by atoms with Crippen molar-refractivity contribution in [3.63, 3.8) is 0 Å². The van der Waals surface area contributed by atoms with Crippen molar-refractivity contribution in [2.45, 2.75) is 39.0 Å². The summed E-state index contributed by atoms with van der Waals surface area (Å²) in [7, 11) is -3.83. The Hall–Kier alpha value is -2.75. The molecule has 0 aromatic heterocycles. The number of rotatable bonds is 9. The van der Waals surface area contributed by atoms with E-state index >= 15 is 0 Å². The third-order valence-electron chi connectivity index (χ3n) is 4.45. The molecule has 170 valence electrons. The van der Waals surface area contributed by atoms with Crippen molar-refractivity contribution < 1.29 is 31.1 Å². The first-order valence-electron chi connectivity index (χ1n) is 9.63. The zero-order valence-corrected chi connectivity index (χ0v) is 18.3. The zero-order valence-electron chi connectivity index (χ0n) is 17.4. The zero-order chi connectivity index (χ0) is 23.2. The summed E-state index contributed by atoms with van der Waals surface area (Å²) in [6.45, 7) is 3.75. The molecule has 2 aromatic carbocycles. The summed E-state index contributed by atoms with van der Waals surface area (Å²) in [4.78, 5) is 12.8. The predicted octanol–water partition coefficient (Wildman–Crippen LogP) is 3.97. The van der Waals surface area contributed by atoms with Gasteiger partial charge in [0.05, 0.1) is 24.1 Å². The van der Waals surface area contributed by atoms with Crippen molar-refractivity contribution in [2.75, 3.05) is 17.2 Å². The number of nitrogens with one attached hydrogen (secondary N) is 1. The number of alkyl halides is 3. The molecule has 0 aliphatic carbocycles. The molecule has 2 aromatic rings. The van der Waals surface area contributed by atoms with Crippen LogP contribution in [0.15, 0.2) is 48.5 Å². The Morgan fingerprint density at radius 1 is 1.13 bits per heavy atom. The van der Waals surface area contributed by atoms with Gasteiger partial charge in [-0.3, -0.25) is 9.10 Å². The molecule has 1 unspecified atom stereocenters. The van der Waals surface area contributed by atoms with Crippen molar-refractivity contribution in [3.05, 3.63) is 59.7 Å². The monoisotopic (exact) mass is 458 g/mol. The lowest BCUT2D eigenvalue weighted by Gasteiger charge is -2.30. The fourth-order valence-corrected chi connectivity index (χ4v) is 4.29. The SMILES string of the molecule is CCOc1ccc(N(C(CC)C(=O)NCc2cccc(C(F)(F)F)c2)S(C)(=O)=O)cc1. The second kappa shape index (κ2) is 10.0. The third-order valence-corrected chi connectivity index (χ3v) is 5.63. The van der Waals surface area contributed by atoms with Crippen molar-refractivity contribution in [3.8, 4) is 5.75 Å². The van der Waals surface area contributed by atoms with Crippen LogP contribution in [0, 0.1) is 0 Å². The minimum absolute atomic E-state index is 0.161. The maximum Gasteiger partial charge on any atom is 0.416 e. The number of hydrogen-bond donors (Lipinski definition) is 1. The normalized spacial score (nSPS) is 12.8. The molecule has 0 saturated carbocycles. The molecule has 0 spiro atoms. The van der Waals surface area contributed by atoms with Crippen LogP contribution in [-0.2, 0) is 27.5 Å². The van der Waals surface area contributed by atoms with Gasteiger partial charge in [-0.1, -0.05) is 19.1 Å². The number of nitrogens with zero attached hydrogens (tertiary/aromatic N) is 1. The van der Waals surface area contributed by atoms with E-state index < -0.39 is 33.7 Å². The van der Waals surface area contributed by atoms with Gasteiger partial charge in [0.15, 0.2) is 0 Å². The quantitative estimate of drug-likeness (QED) is 0.617. The van der Waals surface area contributed by atoms with Gasteiger partial charge < -0.3 is 10.1 Å². The van der Waals surface area contributed by atoms with E-state index in [9.17, 15) is 26.4 Å². The van der Waals surface area contributed by atoms with Crippen molar-refractivity contribution in [1.82, 2.24) is 5.32 Å². The summed E-state index contributed by atoms with van der Waals surface area (Å²) in [6.07, 6.45) is -3.34. The molecule has 0 aliphatic rings. The fourth-order valence-electron chi connectivity index (χ4n) is 3.08. The molecule has 1 N–H and O–H groups in total. The smallest absolute Gasteiger partial charge is 0.416 e. The molecule has 0 saturated heterocycles. The van der Waals surface area contributed by atoms with Crippen LogP contribution in [-0.4, -0.2) is 33.2 Å². The molecule has 0 fully saturated rings. The van der Waals surface area contributed by atoms with Crippen molar-refractivity contribution in [2.24, 2.45) is 0 Å². The number of anilines is 1. The predicted molar refractivity (Wildman–Crippen MR) is 112 cm³/mol.